The molecule has 1 N–H and O–H groups in total. The van der Waals surface area contributed by atoms with Crippen LogP contribution in [0.3, 0.4) is 0 Å². The van der Waals surface area contributed by atoms with Gasteiger partial charge in [-0.3, -0.25) is 4.18 Å². The quantitative estimate of drug-likeness (QED) is 0.291. The van der Waals surface area contributed by atoms with Crippen LogP contribution >= 0.6 is 0 Å². The number of hydrogen-bond acceptors (Lipinski definition) is 6. The molecule has 0 atom stereocenters. The molecule has 162 valence electrons. The van der Waals surface area contributed by atoms with E-state index in [0.29, 0.717) is 18.5 Å². The lowest BCUT2D eigenvalue weighted by molar-refractivity contribution is 0.316. The first-order valence-corrected chi connectivity index (χ1v) is 11.5. The van der Waals surface area contributed by atoms with Crippen molar-refractivity contribution in [2.24, 2.45) is 0 Å². The van der Waals surface area contributed by atoms with E-state index in [1.54, 1.807) is 31.2 Å². The summed E-state index contributed by atoms with van der Waals surface area (Å²) in [6.45, 7) is 4.31. The van der Waals surface area contributed by atoms with Crippen LogP contribution in [0.5, 0.6) is 0 Å². The summed E-state index contributed by atoms with van der Waals surface area (Å²) in [5, 5.41) is 23.4. The third-order valence-electron chi connectivity index (χ3n) is 5.07. The van der Waals surface area contributed by atoms with Gasteiger partial charge in [-0.05, 0) is 72.5 Å². The number of nitrogens with zero attached hydrogens (tertiary/aromatic N) is 2. The number of nitriles is 2. The van der Waals surface area contributed by atoms with Crippen molar-refractivity contribution >= 4 is 32.2 Å². The highest BCUT2D eigenvalue weighted by atomic mass is 32.2. The predicted molar refractivity (Wildman–Crippen MR) is 125 cm³/mol. The molecule has 0 fully saturated rings. The maximum Gasteiger partial charge on any atom is 0.296 e. The van der Waals surface area contributed by atoms with Crippen LogP contribution in [0.25, 0.3) is 16.3 Å². The lowest BCUT2D eigenvalue weighted by Gasteiger charge is -2.10. The Balaban J connectivity index is 1.57. The molecule has 0 heterocycles. The highest BCUT2D eigenvalue weighted by Gasteiger charge is 2.14. The van der Waals surface area contributed by atoms with Crippen molar-refractivity contribution in [1.29, 1.82) is 10.5 Å². The summed E-state index contributed by atoms with van der Waals surface area (Å²) in [5.41, 5.74) is 3.49. The van der Waals surface area contributed by atoms with Crippen LogP contribution in [-0.4, -0.2) is 21.6 Å². The van der Waals surface area contributed by atoms with Crippen molar-refractivity contribution < 1.29 is 12.6 Å². The average molecular weight is 446 g/mol. The molecule has 0 aromatic heterocycles. The van der Waals surface area contributed by atoms with Crippen molar-refractivity contribution in [3.05, 3.63) is 77.4 Å². The fraction of sp³-hybridized carbons (Fsp3) is 0.200. The second kappa shape index (κ2) is 10.1. The Bertz CT molecular complexity index is 1330. The third kappa shape index (κ3) is 5.53. The van der Waals surface area contributed by atoms with E-state index in [9.17, 15) is 8.42 Å². The molecule has 0 aliphatic heterocycles. The van der Waals surface area contributed by atoms with E-state index in [0.717, 1.165) is 27.6 Å². The fourth-order valence-electron chi connectivity index (χ4n) is 3.17. The van der Waals surface area contributed by atoms with Crippen LogP contribution in [0.15, 0.2) is 71.1 Å². The van der Waals surface area contributed by atoms with Crippen LogP contribution in [0, 0.1) is 29.6 Å². The van der Waals surface area contributed by atoms with E-state index in [-0.39, 0.29) is 17.1 Å². The summed E-state index contributed by atoms with van der Waals surface area (Å²) in [4.78, 5) is 0.159. The zero-order valence-electron chi connectivity index (χ0n) is 17.9. The number of allylic oxidation sites excluding steroid dienone is 2. The van der Waals surface area contributed by atoms with Gasteiger partial charge in [0.2, 0.25) is 0 Å². The number of benzene rings is 3. The maximum atomic E-state index is 12.2. The van der Waals surface area contributed by atoms with Crippen LogP contribution in [0.1, 0.15) is 24.5 Å². The van der Waals surface area contributed by atoms with Crippen molar-refractivity contribution in [3.8, 4) is 12.1 Å². The van der Waals surface area contributed by atoms with E-state index in [2.05, 4.69) is 5.32 Å². The van der Waals surface area contributed by atoms with Crippen LogP contribution < -0.4 is 5.32 Å². The largest absolute Gasteiger partial charge is 0.385 e. The van der Waals surface area contributed by atoms with Gasteiger partial charge >= 0.3 is 0 Å². The van der Waals surface area contributed by atoms with Crippen molar-refractivity contribution in [3.63, 3.8) is 0 Å². The molecule has 0 saturated carbocycles. The molecular formula is C25H23N3O3S. The molecule has 3 rings (SSSR count). The summed E-state index contributed by atoms with van der Waals surface area (Å²) in [5.74, 6) is 0. The standard InChI is InChI=1S/C25H23N3O3S/c1-18-4-10-25(11-5-18)32(29,30)31-13-3-12-28-24-9-8-21-14-20(6-7-22(21)15-24)19(2)23(16-26)17-27/h4-11,14-15,28H,3,12-13H2,1-2H3. The first kappa shape index (κ1) is 23.0. The molecule has 0 aliphatic rings. The summed E-state index contributed by atoms with van der Waals surface area (Å²) < 4.78 is 29.5. The van der Waals surface area contributed by atoms with Gasteiger partial charge in [-0.15, -0.1) is 0 Å². The number of hydrogen-bond donors (Lipinski definition) is 1. The molecule has 0 radical (unpaired) electrons. The van der Waals surface area contributed by atoms with Crippen molar-refractivity contribution in [2.75, 3.05) is 18.5 Å². The van der Waals surface area contributed by atoms with Gasteiger partial charge in [0.1, 0.15) is 17.7 Å². The van der Waals surface area contributed by atoms with Crippen LogP contribution in [-0.2, 0) is 14.3 Å². The van der Waals surface area contributed by atoms with E-state index >= 15 is 0 Å². The van der Waals surface area contributed by atoms with Crippen molar-refractivity contribution in [1.82, 2.24) is 0 Å². The minimum Gasteiger partial charge on any atom is -0.385 e. The maximum absolute atomic E-state index is 12.2. The zero-order valence-corrected chi connectivity index (χ0v) is 18.7. The van der Waals surface area contributed by atoms with Gasteiger partial charge in [0.05, 0.1) is 11.5 Å². The Morgan fingerprint density at radius 1 is 0.969 bits per heavy atom. The number of nitrogens with one attached hydrogen (secondary N) is 1. The molecule has 6 nitrogen and oxygen atoms in total. The number of fused-ring (bicyclic) bond motifs is 1. The molecule has 0 bridgehead atoms. The first-order chi connectivity index (χ1) is 15.3. The van der Waals surface area contributed by atoms with E-state index < -0.39 is 10.1 Å². The molecular weight excluding hydrogens is 422 g/mol. The highest BCUT2D eigenvalue weighted by Crippen LogP contribution is 2.25. The van der Waals surface area contributed by atoms with Gasteiger partial charge < -0.3 is 5.32 Å². The second-order valence-corrected chi connectivity index (χ2v) is 8.99. The number of anilines is 1. The molecule has 0 amide bonds. The van der Waals surface area contributed by atoms with Gasteiger partial charge in [0.15, 0.2) is 0 Å². The topological polar surface area (TPSA) is 103 Å². The molecule has 3 aromatic rings. The smallest absolute Gasteiger partial charge is 0.296 e. The SMILES string of the molecule is CC(=C(C#N)C#N)c1ccc2cc(NCCCOS(=O)(=O)c3ccc(C)cc3)ccc2c1. The normalized spacial score (nSPS) is 10.9. The van der Waals surface area contributed by atoms with Gasteiger partial charge in [-0.1, -0.05) is 35.9 Å². The van der Waals surface area contributed by atoms with Gasteiger partial charge in [-0.25, -0.2) is 0 Å². The second-order valence-electron chi connectivity index (χ2n) is 7.37. The van der Waals surface area contributed by atoms with E-state index in [4.69, 9.17) is 14.7 Å². The Hall–Kier alpha value is -3.65. The minimum atomic E-state index is -3.74. The fourth-order valence-corrected chi connectivity index (χ4v) is 4.12. The van der Waals surface area contributed by atoms with Crippen molar-refractivity contribution in [2.45, 2.75) is 25.2 Å². The summed E-state index contributed by atoms with van der Waals surface area (Å²) in [6, 6.07) is 22.1. The monoisotopic (exact) mass is 445 g/mol. The Morgan fingerprint density at radius 2 is 1.62 bits per heavy atom. The lowest BCUT2D eigenvalue weighted by Crippen LogP contribution is -2.11. The lowest BCUT2D eigenvalue weighted by atomic mass is 9.99. The zero-order chi connectivity index (χ0) is 23.1. The van der Waals surface area contributed by atoms with E-state index in [1.807, 2.05) is 55.5 Å². The van der Waals surface area contributed by atoms with Gasteiger partial charge in [0.25, 0.3) is 10.1 Å². The minimum absolute atomic E-state index is 0.0892. The number of rotatable bonds is 8. The van der Waals surface area contributed by atoms with Gasteiger partial charge in [0, 0.05) is 12.2 Å². The average Bonchev–Trinajstić information content (AvgIpc) is 2.79. The summed E-state index contributed by atoms with van der Waals surface area (Å²) in [7, 11) is -3.74. The first-order valence-electron chi connectivity index (χ1n) is 10.1. The summed E-state index contributed by atoms with van der Waals surface area (Å²) >= 11 is 0. The summed E-state index contributed by atoms with van der Waals surface area (Å²) in [6.07, 6.45) is 0.525. The molecule has 32 heavy (non-hydrogen) atoms. The molecule has 0 saturated heterocycles. The Morgan fingerprint density at radius 3 is 2.31 bits per heavy atom. The van der Waals surface area contributed by atoms with Crippen LogP contribution in [0.4, 0.5) is 5.69 Å². The Labute approximate surface area is 188 Å². The molecule has 7 heteroatoms. The molecule has 0 unspecified atom stereocenters. The molecule has 0 spiro atoms. The Kier molecular flexibility index (Phi) is 7.27. The van der Waals surface area contributed by atoms with Gasteiger partial charge in [-0.2, -0.15) is 18.9 Å². The predicted octanol–water partition coefficient (Wildman–Crippen LogP) is 5.18. The van der Waals surface area contributed by atoms with Crippen LogP contribution in [0.2, 0.25) is 0 Å². The number of aryl methyl sites for hydroxylation is 1. The highest BCUT2D eigenvalue weighted by molar-refractivity contribution is 7.86. The molecule has 3 aromatic carbocycles. The van der Waals surface area contributed by atoms with E-state index in [1.165, 1.54) is 0 Å². The molecule has 0 aliphatic carbocycles. The third-order valence-corrected chi connectivity index (χ3v) is 6.40.